The second kappa shape index (κ2) is 20.9. The van der Waals surface area contributed by atoms with Crippen LogP contribution < -0.4 is 21.3 Å². The van der Waals surface area contributed by atoms with E-state index in [0.717, 1.165) is 21.6 Å². The first-order valence-electron chi connectivity index (χ1n) is 16.0. The van der Waals surface area contributed by atoms with Gasteiger partial charge < -0.3 is 41.7 Å². The van der Waals surface area contributed by atoms with Crippen LogP contribution in [0, 0.1) is 11.8 Å². The predicted molar refractivity (Wildman–Crippen MR) is 190 cm³/mol. The van der Waals surface area contributed by atoms with E-state index in [1.54, 1.807) is 52.0 Å². The molecule has 4 amide bonds. The molecule has 2 rings (SSSR count). The highest BCUT2D eigenvalue weighted by Crippen LogP contribution is 2.24. The number of hydrogen-bond acceptors (Lipinski definition) is 10. The highest BCUT2D eigenvalue weighted by atomic mass is 33.1. The highest BCUT2D eigenvalue weighted by Gasteiger charge is 2.31. The molecule has 0 aliphatic carbocycles. The lowest BCUT2D eigenvalue weighted by atomic mass is 10.0. The average Bonchev–Trinajstić information content (AvgIpc) is 3.04. The Morgan fingerprint density at radius 2 is 0.960 bits per heavy atom. The van der Waals surface area contributed by atoms with Crippen LogP contribution in [0.2, 0.25) is 0 Å². The Morgan fingerprint density at radius 1 is 0.600 bits per heavy atom. The summed E-state index contributed by atoms with van der Waals surface area (Å²) < 4.78 is 0. The van der Waals surface area contributed by atoms with Crippen molar-refractivity contribution in [2.75, 3.05) is 11.5 Å². The summed E-state index contributed by atoms with van der Waals surface area (Å²) in [6.45, 7) is 6.52. The zero-order valence-corrected chi connectivity index (χ0v) is 30.0. The van der Waals surface area contributed by atoms with Crippen LogP contribution >= 0.6 is 21.6 Å². The van der Waals surface area contributed by atoms with Crippen molar-refractivity contribution in [1.29, 1.82) is 0 Å². The maximum Gasteiger partial charge on any atom is 0.326 e. The number of carbonyl (C=O) groups excluding carboxylic acids is 4. The summed E-state index contributed by atoms with van der Waals surface area (Å²) in [7, 11) is 2.19. The van der Waals surface area contributed by atoms with E-state index < -0.39 is 71.6 Å². The van der Waals surface area contributed by atoms with Crippen molar-refractivity contribution in [3.8, 4) is 11.5 Å². The molecule has 0 aliphatic rings. The predicted octanol–water partition coefficient (Wildman–Crippen LogP) is 2.47. The maximum atomic E-state index is 13.2. The summed E-state index contributed by atoms with van der Waals surface area (Å²) in [6, 6.07) is 8.04. The first-order valence-corrected chi connectivity index (χ1v) is 18.5. The maximum absolute atomic E-state index is 13.2. The van der Waals surface area contributed by atoms with Gasteiger partial charge in [-0.2, -0.15) is 0 Å². The fourth-order valence-electron chi connectivity index (χ4n) is 4.61. The number of rotatable bonds is 21. The molecule has 0 saturated carbocycles. The number of phenols is 2. The number of hydrogen-bond donors (Lipinski definition) is 8. The normalized spacial score (nSPS) is 13.5. The van der Waals surface area contributed by atoms with E-state index in [0.29, 0.717) is 11.1 Å². The molecule has 0 radical (unpaired) electrons. The molecule has 0 bridgehead atoms. The number of carboxylic acid groups (broad SMARTS) is 2. The number of aromatic hydroxyl groups is 2. The minimum Gasteiger partial charge on any atom is -0.508 e. The molecule has 50 heavy (non-hydrogen) atoms. The summed E-state index contributed by atoms with van der Waals surface area (Å²) in [5.41, 5.74) is 1.40. The Morgan fingerprint density at radius 3 is 1.26 bits per heavy atom. The van der Waals surface area contributed by atoms with Gasteiger partial charge in [-0.3, -0.25) is 19.2 Å². The lowest BCUT2D eigenvalue weighted by molar-refractivity contribution is -0.143. The molecule has 0 unspecified atom stereocenters. The Bertz CT molecular complexity index is 1380. The standard InChI is InChI=1S/C34H46N4O10S2/c1-19(2)29(33(45)46)37-31(43)25(35-27(41)13-11-21-7-5-9-23(39)15-21)17-49-50-18-26(32(44)38-30(20(3)4)34(47)48)36-28(42)14-12-22-8-6-10-24(40)16-22/h5-10,15-16,19-20,25-26,29-30,39-40H,11-14,17-18H2,1-4H3,(H,35,41)(H,36,42)(H,37,43)(H,38,44)(H,45,46)(H,47,48)/t25-,26-,29+,30+/m0/s1. The third kappa shape index (κ3) is 15.0. The van der Waals surface area contributed by atoms with Crippen LogP contribution in [0.4, 0.5) is 0 Å². The average molecular weight is 735 g/mol. The number of aryl methyl sites for hydroxylation is 2. The van der Waals surface area contributed by atoms with Crippen LogP contribution in [0.25, 0.3) is 0 Å². The van der Waals surface area contributed by atoms with E-state index >= 15 is 0 Å². The van der Waals surface area contributed by atoms with Gasteiger partial charge in [0.15, 0.2) is 0 Å². The molecule has 0 fully saturated rings. The van der Waals surface area contributed by atoms with E-state index in [1.165, 1.54) is 24.3 Å². The third-order valence-electron chi connectivity index (χ3n) is 7.42. The van der Waals surface area contributed by atoms with Gasteiger partial charge >= 0.3 is 11.9 Å². The van der Waals surface area contributed by atoms with Crippen molar-refractivity contribution in [2.45, 2.75) is 77.5 Å². The van der Waals surface area contributed by atoms with Crippen LogP contribution in [-0.4, -0.2) is 91.7 Å². The van der Waals surface area contributed by atoms with E-state index in [-0.39, 0.29) is 48.7 Å². The number of carbonyl (C=O) groups is 6. The summed E-state index contributed by atoms with van der Waals surface area (Å²) in [5.74, 6) is -5.77. The van der Waals surface area contributed by atoms with Crippen molar-refractivity contribution >= 4 is 57.2 Å². The quantitative estimate of drug-likeness (QED) is 0.0683. The van der Waals surface area contributed by atoms with Gasteiger partial charge in [0.1, 0.15) is 35.7 Å². The van der Waals surface area contributed by atoms with Crippen LogP contribution in [-0.2, 0) is 41.6 Å². The minimum absolute atomic E-state index is 0.0188. The number of phenolic OH excluding ortho intramolecular Hbond substituents is 2. The molecular formula is C34H46N4O10S2. The SMILES string of the molecule is CC(C)[C@@H](NC(=O)[C@H](CSSC[C@H](NC(=O)CCc1cccc(O)c1)C(=O)N[C@@H](C(=O)O)C(C)C)NC(=O)CCc1cccc(O)c1)C(=O)O. The summed E-state index contributed by atoms with van der Waals surface area (Å²) >= 11 is 0. The van der Waals surface area contributed by atoms with Crippen molar-refractivity contribution in [3.63, 3.8) is 0 Å². The molecule has 0 aromatic heterocycles. The molecule has 2 aromatic rings. The highest BCUT2D eigenvalue weighted by molar-refractivity contribution is 8.76. The monoisotopic (exact) mass is 734 g/mol. The molecule has 8 N–H and O–H groups in total. The van der Waals surface area contributed by atoms with Gasteiger partial charge in [-0.1, -0.05) is 73.5 Å². The molecule has 0 heterocycles. The smallest absolute Gasteiger partial charge is 0.326 e. The van der Waals surface area contributed by atoms with E-state index in [9.17, 15) is 49.2 Å². The van der Waals surface area contributed by atoms with Crippen molar-refractivity contribution in [1.82, 2.24) is 21.3 Å². The fourth-order valence-corrected chi connectivity index (χ4v) is 6.93. The van der Waals surface area contributed by atoms with Gasteiger partial charge in [0.25, 0.3) is 0 Å². The fraction of sp³-hybridized carbons (Fsp3) is 0.471. The largest absolute Gasteiger partial charge is 0.508 e. The van der Waals surface area contributed by atoms with Gasteiger partial charge in [0, 0.05) is 24.3 Å². The lowest BCUT2D eigenvalue weighted by Crippen LogP contribution is -2.54. The Hall–Kier alpha value is -4.44. The second-order valence-corrected chi connectivity index (χ2v) is 14.8. The first-order chi connectivity index (χ1) is 23.6. The first kappa shape index (κ1) is 41.7. The zero-order chi connectivity index (χ0) is 37.4. The van der Waals surface area contributed by atoms with E-state index in [1.807, 2.05) is 0 Å². The number of amides is 4. The van der Waals surface area contributed by atoms with Gasteiger partial charge in [-0.25, -0.2) is 9.59 Å². The Labute approximate surface area is 299 Å². The van der Waals surface area contributed by atoms with Gasteiger partial charge in [-0.15, -0.1) is 0 Å². The zero-order valence-electron chi connectivity index (χ0n) is 28.4. The Balaban J connectivity index is 2.13. The summed E-state index contributed by atoms with van der Waals surface area (Å²) in [4.78, 5) is 75.7. The second-order valence-electron chi connectivity index (χ2n) is 12.3. The summed E-state index contributed by atoms with van der Waals surface area (Å²) in [6.07, 6.45) is 0.510. The van der Waals surface area contributed by atoms with E-state index in [2.05, 4.69) is 21.3 Å². The molecule has 16 heteroatoms. The minimum atomic E-state index is -1.24. The van der Waals surface area contributed by atoms with Crippen LogP contribution in [0.3, 0.4) is 0 Å². The molecule has 274 valence electrons. The molecule has 14 nitrogen and oxygen atoms in total. The van der Waals surface area contributed by atoms with E-state index in [4.69, 9.17) is 0 Å². The molecular weight excluding hydrogens is 689 g/mol. The van der Waals surface area contributed by atoms with Gasteiger partial charge in [-0.05, 0) is 60.1 Å². The third-order valence-corrected chi connectivity index (χ3v) is 9.84. The van der Waals surface area contributed by atoms with Crippen molar-refractivity contribution in [3.05, 3.63) is 59.7 Å². The van der Waals surface area contributed by atoms with Gasteiger partial charge in [0.05, 0.1) is 0 Å². The van der Waals surface area contributed by atoms with Crippen molar-refractivity contribution < 1.29 is 49.2 Å². The molecule has 0 spiro atoms. The number of nitrogens with one attached hydrogen (secondary N) is 4. The number of carboxylic acids is 2. The molecule has 0 saturated heterocycles. The Kier molecular flexibility index (Phi) is 17.5. The number of aliphatic carboxylic acids is 2. The van der Waals surface area contributed by atoms with Crippen molar-refractivity contribution in [2.24, 2.45) is 11.8 Å². The summed E-state index contributed by atoms with van der Waals surface area (Å²) in [5, 5.41) is 48.8. The van der Waals surface area contributed by atoms with Crippen LogP contribution in [0.5, 0.6) is 11.5 Å². The molecule has 2 aromatic carbocycles. The topological polar surface area (TPSA) is 231 Å². The van der Waals surface area contributed by atoms with Gasteiger partial charge in [0.2, 0.25) is 23.6 Å². The number of benzene rings is 2. The van der Waals surface area contributed by atoms with Crippen LogP contribution in [0.1, 0.15) is 51.7 Å². The molecule has 4 atom stereocenters. The molecule has 0 aliphatic heterocycles. The lowest BCUT2D eigenvalue weighted by Gasteiger charge is -2.24. The van der Waals surface area contributed by atoms with Crippen LogP contribution in [0.15, 0.2) is 48.5 Å².